The van der Waals surface area contributed by atoms with Gasteiger partial charge in [0.25, 0.3) is 0 Å². The molecule has 1 heterocycles. The smallest absolute Gasteiger partial charge is 0.334 e. The van der Waals surface area contributed by atoms with Crippen molar-refractivity contribution in [3.05, 3.63) is 47.5 Å². The molecule has 3 N–H and O–H groups in total. The number of nitrogens with zero attached hydrogens (tertiary/aromatic N) is 2. The molecule has 130 valence electrons. The summed E-state index contributed by atoms with van der Waals surface area (Å²) < 4.78 is 38.8. The van der Waals surface area contributed by atoms with E-state index in [0.717, 1.165) is 12.1 Å². The van der Waals surface area contributed by atoms with Crippen LogP contribution < -0.4 is 10.6 Å². The second-order valence-electron chi connectivity index (χ2n) is 6.28. The van der Waals surface area contributed by atoms with E-state index in [4.69, 9.17) is 0 Å². The summed E-state index contributed by atoms with van der Waals surface area (Å²) in [6, 6.07) is 3.30. The molecule has 1 atom stereocenters. The molecule has 1 aromatic heterocycles. The fourth-order valence-electron chi connectivity index (χ4n) is 2.07. The van der Waals surface area contributed by atoms with E-state index < -0.39 is 29.4 Å². The lowest BCUT2D eigenvalue weighted by atomic mass is 10.0. The topological polar surface area (TPSA) is 82.7 Å². The Morgan fingerprint density at radius 1 is 1.25 bits per heavy atom. The minimum atomic E-state index is -4.48. The van der Waals surface area contributed by atoms with Crippen molar-refractivity contribution >= 4 is 6.03 Å². The Bertz CT molecular complexity index is 692. The quantitative estimate of drug-likeness (QED) is 0.802. The summed E-state index contributed by atoms with van der Waals surface area (Å²) >= 11 is 0. The van der Waals surface area contributed by atoms with Crippen molar-refractivity contribution in [1.29, 1.82) is 0 Å². The fraction of sp³-hybridized carbons (Fsp3) is 0.400. The van der Waals surface area contributed by atoms with Gasteiger partial charge in [0.15, 0.2) is 5.82 Å². The molecule has 0 fully saturated rings. The van der Waals surface area contributed by atoms with E-state index in [0.29, 0.717) is 0 Å². The molecule has 1 unspecified atom stereocenters. The summed E-state index contributed by atoms with van der Waals surface area (Å²) in [5.41, 5.74) is -1.06. The lowest BCUT2D eigenvalue weighted by Crippen LogP contribution is -2.47. The Morgan fingerprint density at radius 3 is 2.50 bits per heavy atom. The Balaban J connectivity index is 2.33. The minimum absolute atomic E-state index is 0.235. The van der Waals surface area contributed by atoms with Crippen LogP contribution in [-0.4, -0.2) is 26.8 Å². The predicted molar refractivity (Wildman–Crippen MR) is 81.1 cm³/mol. The van der Waals surface area contributed by atoms with Gasteiger partial charge in [-0.15, -0.1) is 0 Å². The molecule has 0 aliphatic carbocycles. The van der Waals surface area contributed by atoms with Crippen LogP contribution in [0, 0.1) is 0 Å². The zero-order valence-corrected chi connectivity index (χ0v) is 13.4. The van der Waals surface area contributed by atoms with Crippen molar-refractivity contribution in [3.63, 3.8) is 0 Å². The molecule has 2 rings (SSSR count). The van der Waals surface area contributed by atoms with Gasteiger partial charge in [0.2, 0.25) is 0 Å². The van der Waals surface area contributed by atoms with Crippen LogP contribution in [0.25, 0.3) is 0 Å². The van der Waals surface area contributed by atoms with Crippen molar-refractivity contribution < 1.29 is 18.0 Å². The number of rotatable bonds is 3. The highest BCUT2D eigenvalue weighted by atomic mass is 19.4. The number of alkyl halides is 3. The third-order valence-corrected chi connectivity index (χ3v) is 3.02. The normalized spacial score (nSPS) is 13.4. The van der Waals surface area contributed by atoms with Gasteiger partial charge in [-0.1, -0.05) is 12.1 Å². The molecule has 24 heavy (non-hydrogen) atoms. The maximum atomic E-state index is 12.9. The van der Waals surface area contributed by atoms with Crippen molar-refractivity contribution in [1.82, 2.24) is 25.8 Å². The van der Waals surface area contributed by atoms with Crippen molar-refractivity contribution in [2.45, 2.75) is 38.5 Å². The summed E-state index contributed by atoms with van der Waals surface area (Å²) in [6.07, 6.45) is -3.26. The summed E-state index contributed by atoms with van der Waals surface area (Å²) in [5.74, 6) is 0.235. The van der Waals surface area contributed by atoms with Crippen molar-refractivity contribution in [2.24, 2.45) is 0 Å². The van der Waals surface area contributed by atoms with Gasteiger partial charge >= 0.3 is 12.2 Å². The average molecular weight is 341 g/mol. The van der Waals surface area contributed by atoms with Gasteiger partial charge in [-0.2, -0.15) is 18.3 Å². The second-order valence-corrected chi connectivity index (χ2v) is 6.28. The first kappa shape index (κ1) is 17.8. The maximum absolute atomic E-state index is 12.9. The van der Waals surface area contributed by atoms with E-state index in [-0.39, 0.29) is 11.4 Å². The molecule has 2 amide bonds. The molecular formula is C15H18F3N5O. The summed E-state index contributed by atoms with van der Waals surface area (Å²) in [6.45, 7) is 5.38. The fourth-order valence-corrected chi connectivity index (χ4v) is 2.07. The highest BCUT2D eigenvalue weighted by Gasteiger charge is 2.32. The molecule has 0 aliphatic rings. The third-order valence-electron chi connectivity index (χ3n) is 3.02. The van der Waals surface area contributed by atoms with E-state index in [1.54, 1.807) is 20.8 Å². The standard InChI is InChI=1S/C15H18F3N5O/c1-14(2,3)22-13(24)21-11(12-19-8-20-23-12)9-5-4-6-10(7-9)15(16,17)18/h4-8,11H,1-3H3,(H,19,20,23)(H2,21,22,24). The van der Waals surface area contributed by atoms with Crippen LogP contribution in [0.4, 0.5) is 18.0 Å². The first-order chi connectivity index (χ1) is 11.1. The number of halogens is 3. The van der Waals surface area contributed by atoms with Crippen LogP contribution in [-0.2, 0) is 6.18 Å². The lowest BCUT2D eigenvalue weighted by Gasteiger charge is -2.24. The molecule has 0 bridgehead atoms. The number of nitrogens with one attached hydrogen (secondary N) is 3. The van der Waals surface area contributed by atoms with Crippen LogP contribution in [0.15, 0.2) is 30.6 Å². The highest BCUT2D eigenvalue weighted by Crippen LogP contribution is 2.31. The van der Waals surface area contributed by atoms with Gasteiger partial charge in [0, 0.05) is 5.54 Å². The SMILES string of the molecule is CC(C)(C)NC(=O)NC(c1cccc(C(F)(F)F)c1)c1ncn[nH]1. The molecule has 0 saturated heterocycles. The van der Waals surface area contributed by atoms with Gasteiger partial charge in [-0.05, 0) is 38.5 Å². The minimum Gasteiger partial charge on any atom is -0.334 e. The Kier molecular flexibility index (Phi) is 4.81. The first-order valence-corrected chi connectivity index (χ1v) is 7.17. The molecule has 0 spiro atoms. The summed E-state index contributed by atoms with van der Waals surface area (Å²) in [5, 5.41) is 11.6. The average Bonchev–Trinajstić information content (AvgIpc) is 2.96. The van der Waals surface area contributed by atoms with E-state index >= 15 is 0 Å². The molecular weight excluding hydrogens is 323 g/mol. The summed E-state index contributed by atoms with van der Waals surface area (Å²) in [7, 11) is 0. The third kappa shape index (κ3) is 4.71. The zero-order chi connectivity index (χ0) is 18.0. The maximum Gasteiger partial charge on any atom is 0.416 e. The van der Waals surface area contributed by atoms with Gasteiger partial charge in [0.05, 0.1) is 5.56 Å². The number of carbonyl (C=O) groups is 1. The number of H-pyrrole nitrogens is 1. The van der Waals surface area contributed by atoms with Gasteiger partial charge in [-0.25, -0.2) is 9.78 Å². The molecule has 1 aromatic carbocycles. The Morgan fingerprint density at radius 2 is 1.96 bits per heavy atom. The van der Waals surface area contributed by atoms with Gasteiger partial charge in [-0.3, -0.25) is 5.10 Å². The number of aromatic nitrogens is 3. The van der Waals surface area contributed by atoms with Crippen LogP contribution in [0.3, 0.4) is 0 Å². The molecule has 0 radical (unpaired) electrons. The molecule has 2 aromatic rings. The monoisotopic (exact) mass is 341 g/mol. The van der Waals surface area contributed by atoms with Crippen molar-refractivity contribution in [3.8, 4) is 0 Å². The van der Waals surface area contributed by atoms with E-state index in [1.807, 2.05) is 0 Å². The van der Waals surface area contributed by atoms with Crippen molar-refractivity contribution in [2.75, 3.05) is 0 Å². The second kappa shape index (κ2) is 6.50. The number of hydrogen-bond donors (Lipinski definition) is 3. The largest absolute Gasteiger partial charge is 0.416 e. The van der Waals surface area contributed by atoms with Gasteiger partial charge < -0.3 is 10.6 Å². The molecule has 6 nitrogen and oxygen atoms in total. The number of amides is 2. The highest BCUT2D eigenvalue weighted by molar-refractivity contribution is 5.75. The number of carbonyl (C=O) groups excluding carboxylic acids is 1. The van der Waals surface area contributed by atoms with Gasteiger partial charge in [0.1, 0.15) is 12.4 Å². The number of urea groups is 1. The van der Waals surface area contributed by atoms with E-state index in [1.165, 1.54) is 18.5 Å². The van der Waals surface area contributed by atoms with Crippen LogP contribution in [0.5, 0.6) is 0 Å². The number of benzene rings is 1. The van der Waals surface area contributed by atoms with Crippen LogP contribution in [0.2, 0.25) is 0 Å². The van der Waals surface area contributed by atoms with E-state index in [9.17, 15) is 18.0 Å². The van der Waals surface area contributed by atoms with E-state index in [2.05, 4.69) is 25.8 Å². The molecule has 9 heteroatoms. The number of hydrogen-bond acceptors (Lipinski definition) is 3. The van der Waals surface area contributed by atoms with Crippen LogP contribution >= 0.6 is 0 Å². The predicted octanol–water partition coefficient (Wildman–Crippen LogP) is 3.01. The summed E-state index contributed by atoms with van der Waals surface area (Å²) in [4.78, 5) is 16.1. The Labute approximate surface area is 136 Å². The first-order valence-electron chi connectivity index (χ1n) is 7.17. The zero-order valence-electron chi connectivity index (χ0n) is 13.4. The number of aromatic amines is 1. The molecule has 0 saturated carbocycles. The molecule has 0 aliphatic heterocycles. The van der Waals surface area contributed by atoms with Crippen LogP contribution in [0.1, 0.15) is 43.8 Å². The lowest BCUT2D eigenvalue weighted by molar-refractivity contribution is -0.137. The Hall–Kier alpha value is -2.58.